The van der Waals surface area contributed by atoms with E-state index < -0.39 is 0 Å². The van der Waals surface area contributed by atoms with Gasteiger partial charge in [0.25, 0.3) is 0 Å². The third-order valence-electron chi connectivity index (χ3n) is 1.58. The van der Waals surface area contributed by atoms with Gasteiger partial charge in [-0.15, -0.1) is 12.3 Å². The fraction of sp³-hybridized carbons (Fsp3) is 0.200. The van der Waals surface area contributed by atoms with Crippen LogP contribution in [-0.4, -0.2) is 5.11 Å². The standard InChI is InChI=1S/C10H10O/c1-3-4-9-6-5-8(2)10(11)7-9/h1,5-7,11H,4H2,2H3. The number of terminal acetylenes is 1. The third-order valence-corrected chi connectivity index (χ3v) is 1.58. The van der Waals surface area contributed by atoms with Crippen LogP contribution in [0.1, 0.15) is 11.1 Å². The van der Waals surface area contributed by atoms with Crippen molar-refractivity contribution in [3.8, 4) is 18.1 Å². The lowest BCUT2D eigenvalue weighted by Gasteiger charge is -1.99. The summed E-state index contributed by atoms with van der Waals surface area (Å²) >= 11 is 0. The molecule has 0 aliphatic carbocycles. The molecule has 1 nitrogen and oxygen atoms in total. The van der Waals surface area contributed by atoms with Gasteiger partial charge in [0.2, 0.25) is 0 Å². The van der Waals surface area contributed by atoms with Gasteiger partial charge >= 0.3 is 0 Å². The molecule has 0 radical (unpaired) electrons. The van der Waals surface area contributed by atoms with E-state index in [9.17, 15) is 5.11 Å². The van der Waals surface area contributed by atoms with E-state index in [4.69, 9.17) is 6.42 Å². The van der Waals surface area contributed by atoms with E-state index in [0.29, 0.717) is 12.2 Å². The largest absolute Gasteiger partial charge is 0.508 e. The molecular weight excluding hydrogens is 136 g/mol. The van der Waals surface area contributed by atoms with Crippen molar-refractivity contribution < 1.29 is 5.11 Å². The molecule has 1 rings (SSSR count). The van der Waals surface area contributed by atoms with Crippen molar-refractivity contribution in [3.63, 3.8) is 0 Å². The first-order chi connectivity index (χ1) is 5.24. The summed E-state index contributed by atoms with van der Waals surface area (Å²) in [7, 11) is 0. The first-order valence-electron chi connectivity index (χ1n) is 3.46. The van der Waals surface area contributed by atoms with E-state index in [1.54, 1.807) is 6.07 Å². The lowest BCUT2D eigenvalue weighted by Crippen LogP contribution is -1.82. The Morgan fingerprint density at radius 2 is 2.27 bits per heavy atom. The van der Waals surface area contributed by atoms with Crippen LogP contribution in [-0.2, 0) is 6.42 Å². The van der Waals surface area contributed by atoms with E-state index in [1.165, 1.54) is 0 Å². The van der Waals surface area contributed by atoms with E-state index in [1.807, 2.05) is 19.1 Å². The molecule has 56 valence electrons. The van der Waals surface area contributed by atoms with Crippen molar-refractivity contribution in [1.82, 2.24) is 0 Å². The molecular formula is C10H10O. The van der Waals surface area contributed by atoms with E-state index in [0.717, 1.165) is 11.1 Å². The van der Waals surface area contributed by atoms with Crippen molar-refractivity contribution >= 4 is 0 Å². The van der Waals surface area contributed by atoms with Crippen molar-refractivity contribution in [2.75, 3.05) is 0 Å². The van der Waals surface area contributed by atoms with Crippen molar-refractivity contribution in [3.05, 3.63) is 29.3 Å². The average Bonchev–Trinajstić information content (AvgIpc) is 1.98. The Morgan fingerprint density at radius 1 is 1.55 bits per heavy atom. The van der Waals surface area contributed by atoms with Gasteiger partial charge in [-0.1, -0.05) is 12.1 Å². The molecule has 0 fully saturated rings. The molecule has 1 N–H and O–H groups in total. The van der Waals surface area contributed by atoms with Gasteiger partial charge in [-0.05, 0) is 24.1 Å². The first kappa shape index (κ1) is 7.68. The summed E-state index contributed by atoms with van der Waals surface area (Å²) in [5.74, 6) is 2.84. The Hall–Kier alpha value is -1.42. The smallest absolute Gasteiger partial charge is 0.118 e. The molecule has 0 amide bonds. The van der Waals surface area contributed by atoms with Crippen LogP contribution in [0.2, 0.25) is 0 Å². The highest BCUT2D eigenvalue weighted by atomic mass is 16.3. The maximum absolute atomic E-state index is 9.26. The van der Waals surface area contributed by atoms with Gasteiger partial charge in [0.05, 0.1) is 0 Å². The molecule has 0 aliphatic heterocycles. The quantitative estimate of drug-likeness (QED) is 0.600. The Labute approximate surface area is 66.7 Å². The second-order valence-corrected chi connectivity index (χ2v) is 2.50. The molecule has 11 heavy (non-hydrogen) atoms. The number of rotatable bonds is 1. The summed E-state index contributed by atoms with van der Waals surface area (Å²) in [6, 6.07) is 5.49. The molecule has 1 aromatic carbocycles. The molecule has 0 aromatic heterocycles. The minimum atomic E-state index is 0.317. The van der Waals surface area contributed by atoms with Crippen LogP contribution in [0.25, 0.3) is 0 Å². The highest BCUT2D eigenvalue weighted by Gasteiger charge is 1.95. The Morgan fingerprint density at radius 3 is 2.82 bits per heavy atom. The van der Waals surface area contributed by atoms with Gasteiger partial charge in [-0.3, -0.25) is 0 Å². The molecule has 0 saturated carbocycles. The predicted molar refractivity (Wildman–Crippen MR) is 45.4 cm³/mol. The fourth-order valence-electron chi connectivity index (χ4n) is 0.883. The number of hydrogen-bond donors (Lipinski definition) is 1. The fourth-order valence-corrected chi connectivity index (χ4v) is 0.883. The zero-order valence-electron chi connectivity index (χ0n) is 6.46. The molecule has 0 heterocycles. The average molecular weight is 146 g/mol. The topological polar surface area (TPSA) is 20.2 Å². The Bertz CT molecular complexity index is 294. The Balaban J connectivity index is 2.98. The maximum Gasteiger partial charge on any atom is 0.118 e. The summed E-state index contributed by atoms with van der Waals surface area (Å²) in [6.07, 6.45) is 5.69. The van der Waals surface area contributed by atoms with Crippen LogP contribution in [0.5, 0.6) is 5.75 Å². The van der Waals surface area contributed by atoms with Gasteiger partial charge in [0, 0.05) is 6.42 Å². The maximum atomic E-state index is 9.26. The molecule has 0 bridgehead atoms. The number of aromatic hydroxyl groups is 1. The summed E-state index contributed by atoms with van der Waals surface area (Å²) in [6.45, 7) is 1.86. The number of aryl methyl sites for hydroxylation is 1. The summed E-state index contributed by atoms with van der Waals surface area (Å²) < 4.78 is 0. The molecule has 0 saturated heterocycles. The van der Waals surface area contributed by atoms with Crippen LogP contribution < -0.4 is 0 Å². The van der Waals surface area contributed by atoms with Gasteiger partial charge in [-0.25, -0.2) is 0 Å². The van der Waals surface area contributed by atoms with Gasteiger partial charge in [-0.2, -0.15) is 0 Å². The van der Waals surface area contributed by atoms with E-state index in [-0.39, 0.29) is 0 Å². The first-order valence-corrected chi connectivity index (χ1v) is 3.46. The number of phenolic OH excluding ortho intramolecular Hbond substituents is 1. The second kappa shape index (κ2) is 3.12. The van der Waals surface area contributed by atoms with E-state index >= 15 is 0 Å². The van der Waals surface area contributed by atoms with Crippen LogP contribution in [0.3, 0.4) is 0 Å². The summed E-state index contributed by atoms with van der Waals surface area (Å²) in [5.41, 5.74) is 1.86. The lowest BCUT2D eigenvalue weighted by atomic mass is 10.1. The molecule has 1 aromatic rings. The number of hydrogen-bond acceptors (Lipinski definition) is 1. The second-order valence-electron chi connectivity index (χ2n) is 2.50. The van der Waals surface area contributed by atoms with Gasteiger partial charge < -0.3 is 5.11 Å². The SMILES string of the molecule is C#CCc1ccc(C)c(O)c1. The van der Waals surface area contributed by atoms with Crippen LogP contribution in [0, 0.1) is 19.3 Å². The monoisotopic (exact) mass is 146 g/mol. The van der Waals surface area contributed by atoms with Crippen molar-refractivity contribution in [2.24, 2.45) is 0 Å². The lowest BCUT2D eigenvalue weighted by molar-refractivity contribution is 0.470. The highest BCUT2D eigenvalue weighted by Crippen LogP contribution is 2.17. The third kappa shape index (κ3) is 1.75. The minimum Gasteiger partial charge on any atom is -0.508 e. The Kier molecular flexibility index (Phi) is 2.18. The normalized spacial score (nSPS) is 9.09. The van der Waals surface area contributed by atoms with Crippen LogP contribution in [0.4, 0.5) is 0 Å². The molecule has 0 aliphatic rings. The predicted octanol–water partition coefficient (Wildman–Crippen LogP) is 1.88. The minimum absolute atomic E-state index is 0.317. The summed E-state index contributed by atoms with van der Waals surface area (Å²) in [5, 5.41) is 9.26. The molecule has 0 unspecified atom stereocenters. The number of benzene rings is 1. The van der Waals surface area contributed by atoms with Crippen LogP contribution >= 0.6 is 0 Å². The zero-order chi connectivity index (χ0) is 8.27. The molecule has 1 heteroatoms. The molecule has 0 spiro atoms. The van der Waals surface area contributed by atoms with Gasteiger partial charge in [0.15, 0.2) is 0 Å². The van der Waals surface area contributed by atoms with Crippen molar-refractivity contribution in [2.45, 2.75) is 13.3 Å². The van der Waals surface area contributed by atoms with Gasteiger partial charge in [0.1, 0.15) is 5.75 Å². The van der Waals surface area contributed by atoms with Crippen molar-refractivity contribution in [1.29, 1.82) is 0 Å². The number of phenols is 1. The molecule has 0 atom stereocenters. The van der Waals surface area contributed by atoms with E-state index in [2.05, 4.69) is 5.92 Å². The highest BCUT2D eigenvalue weighted by molar-refractivity contribution is 5.36. The summed E-state index contributed by atoms with van der Waals surface area (Å²) in [4.78, 5) is 0. The van der Waals surface area contributed by atoms with Crippen LogP contribution in [0.15, 0.2) is 18.2 Å². The zero-order valence-corrected chi connectivity index (χ0v) is 6.46.